The molecule has 0 bridgehead atoms. The van der Waals surface area contributed by atoms with Crippen LogP contribution in [0.15, 0.2) is 42.5 Å². The molecule has 0 amide bonds. The molecule has 0 fully saturated rings. The minimum absolute atomic E-state index is 0.0365. The van der Waals surface area contributed by atoms with Crippen molar-refractivity contribution in [3.05, 3.63) is 59.2 Å². The number of carbonyl (C=O) groups excluding carboxylic acids is 2. The number of hydrogen-bond acceptors (Lipinski definition) is 6. The van der Waals surface area contributed by atoms with Crippen LogP contribution < -0.4 is 5.32 Å². The molecule has 2 rings (SSSR count). The van der Waals surface area contributed by atoms with E-state index in [-0.39, 0.29) is 30.4 Å². The Morgan fingerprint density at radius 1 is 1.07 bits per heavy atom. The van der Waals surface area contributed by atoms with Crippen molar-refractivity contribution in [2.75, 3.05) is 0 Å². The predicted octanol–water partition coefficient (Wildman–Crippen LogP) is 3.34. The topological polar surface area (TPSA) is 95.9 Å². The van der Waals surface area contributed by atoms with Gasteiger partial charge in [0.1, 0.15) is 18.0 Å². The molecule has 0 aliphatic carbocycles. The van der Waals surface area contributed by atoms with Crippen molar-refractivity contribution in [2.24, 2.45) is 0 Å². The van der Waals surface area contributed by atoms with E-state index in [1.807, 2.05) is 44.2 Å². The normalized spacial score (nSPS) is 12.0. The number of phenolic OH excluding ortho intramolecular Hbond substituents is 2. The lowest BCUT2D eigenvalue weighted by Crippen LogP contribution is -2.42. The molecule has 6 heteroatoms. The van der Waals surface area contributed by atoms with Crippen LogP contribution in [0.25, 0.3) is 0 Å². The fourth-order valence-corrected chi connectivity index (χ4v) is 2.90. The Morgan fingerprint density at radius 3 is 2.36 bits per heavy atom. The molecule has 150 valence electrons. The molecule has 2 aromatic rings. The second kappa shape index (κ2) is 9.90. The maximum Gasteiger partial charge on any atom is 0.342 e. The van der Waals surface area contributed by atoms with Gasteiger partial charge in [-0.1, -0.05) is 51.1 Å². The molecular weight excluding hydrogens is 358 g/mol. The summed E-state index contributed by atoms with van der Waals surface area (Å²) in [5.41, 5.74) is 1.24. The SMILES string of the molecule is CCC(=O)C(Cc1cc(O)c(O)c(C(=O)OCc2ccccc2)c1)NC(C)C. The van der Waals surface area contributed by atoms with Gasteiger partial charge in [-0.05, 0) is 29.7 Å². The van der Waals surface area contributed by atoms with Crippen LogP contribution in [0.5, 0.6) is 11.5 Å². The van der Waals surface area contributed by atoms with Gasteiger partial charge in [0.15, 0.2) is 11.5 Å². The third-order valence-corrected chi connectivity index (χ3v) is 4.29. The van der Waals surface area contributed by atoms with E-state index in [9.17, 15) is 19.8 Å². The Morgan fingerprint density at radius 2 is 1.75 bits per heavy atom. The van der Waals surface area contributed by atoms with Crippen LogP contribution in [0.4, 0.5) is 0 Å². The smallest absolute Gasteiger partial charge is 0.342 e. The van der Waals surface area contributed by atoms with Gasteiger partial charge in [0.25, 0.3) is 0 Å². The van der Waals surface area contributed by atoms with Gasteiger partial charge in [-0.2, -0.15) is 0 Å². The van der Waals surface area contributed by atoms with Gasteiger partial charge in [-0.3, -0.25) is 4.79 Å². The lowest BCUT2D eigenvalue weighted by Gasteiger charge is -2.20. The number of hydrogen-bond donors (Lipinski definition) is 3. The Bertz CT molecular complexity index is 817. The summed E-state index contributed by atoms with van der Waals surface area (Å²) < 4.78 is 5.25. The van der Waals surface area contributed by atoms with E-state index in [1.54, 1.807) is 6.92 Å². The molecule has 2 aromatic carbocycles. The highest BCUT2D eigenvalue weighted by atomic mass is 16.5. The number of ketones is 1. The van der Waals surface area contributed by atoms with E-state index in [0.29, 0.717) is 12.0 Å². The maximum absolute atomic E-state index is 12.4. The second-order valence-corrected chi connectivity index (χ2v) is 6.97. The summed E-state index contributed by atoms with van der Waals surface area (Å²) in [6.07, 6.45) is 0.665. The lowest BCUT2D eigenvalue weighted by atomic mass is 9.98. The van der Waals surface area contributed by atoms with Crippen molar-refractivity contribution in [3.63, 3.8) is 0 Å². The molecule has 3 N–H and O–H groups in total. The van der Waals surface area contributed by atoms with Crippen molar-refractivity contribution < 1.29 is 24.5 Å². The Labute approximate surface area is 165 Å². The van der Waals surface area contributed by atoms with Crippen LogP contribution in [0, 0.1) is 0 Å². The zero-order valence-electron chi connectivity index (χ0n) is 16.4. The van der Waals surface area contributed by atoms with E-state index in [0.717, 1.165) is 5.56 Å². The van der Waals surface area contributed by atoms with Crippen LogP contribution >= 0.6 is 0 Å². The Balaban J connectivity index is 2.20. The second-order valence-electron chi connectivity index (χ2n) is 6.97. The fourth-order valence-electron chi connectivity index (χ4n) is 2.90. The fraction of sp³-hybridized carbons (Fsp3) is 0.364. The first-order chi connectivity index (χ1) is 13.3. The van der Waals surface area contributed by atoms with E-state index in [4.69, 9.17) is 4.74 Å². The number of Topliss-reactive ketones (excluding diaryl/α,β-unsaturated/α-hetero) is 1. The number of benzene rings is 2. The minimum atomic E-state index is -0.742. The maximum atomic E-state index is 12.4. The van der Waals surface area contributed by atoms with Gasteiger partial charge < -0.3 is 20.3 Å². The molecule has 1 unspecified atom stereocenters. The van der Waals surface area contributed by atoms with Crippen LogP contribution in [0.3, 0.4) is 0 Å². The van der Waals surface area contributed by atoms with Crippen LogP contribution in [-0.2, 0) is 22.6 Å². The molecule has 0 saturated heterocycles. The number of carbonyl (C=O) groups is 2. The Kier molecular flexibility index (Phi) is 7.58. The van der Waals surface area contributed by atoms with Crippen molar-refractivity contribution in [1.29, 1.82) is 0 Å². The first kappa shape index (κ1) is 21.4. The van der Waals surface area contributed by atoms with Crippen molar-refractivity contribution in [2.45, 2.75) is 52.3 Å². The summed E-state index contributed by atoms with van der Waals surface area (Å²) >= 11 is 0. The van der Waals surface area contributed by atoms with Crippen LogP contribution in [0.2, 0.25) is 0 Å². The number of phenols is 2. The number of ether oxygens (including phenoxy) is 1. The summed E-state index contributed by atoms with van der Waals surface area (Å²) in [6.45, 7) is 5.72. The Hall–Kier alpha value is -2.86. The summed E-state index contributed by atoms with van der Waals surface area (Å²) in [4.78, 5) is 24.6. The number of esters is 1. The van der Waals surface area contributed by atoms with Gasteiger partial charge in [-0.25, -0.2) is 4.79 Å². The summed E-state index contributed by atoms with van der Waals surface area (Å²) in [6, 6.07) is 11.6. The highest BCUT2D eigenvalue weighted by Gasteiger charge is 2.22. The molecular formula is C22H27NO5. The molecule has 0 aliphatic heterocycles. The summed E-state index contributed by atoms with van der Waals surface area (Å²) in [5, 5.41) is 23.3. The predicted molar refractivity (Wildman–Crippen MR) is 106 cm³/mol. The third kappa shape index (κ3) is 5.82. The zero-order chi connectivity index (χ0) is 20.7. The lowest BCUT2D eigenvalue weighted by molar-refractivity contribution is -0.120. The average Bonchev–Trinajstić information content (AvgIpc) is 2.68. The first-order valence-electron chi connectivity index (χ1n) is 9.36. The van der Waals surface area contributed by atoms with Gasteiger partial charge in [-0.15, -0.1) is 0 Å². The van der Waals surface area contributed by atoms with E-state index < -0.39 is 23.5 Å². The zero-order valence-corrected chi connectivity index (χ0v) is 16.4. The van der Waals surface area contributed by atoms with Gasteiger partial charge >= 0.3 is 5.97 Å². The molecule has 0 heterocycles. The van der Waals surface area contributed by atoms with Crippen molar-refractivity contribution in [1.82, 2.24) is 5.32 Å². The number of nitrogens with one attached hydrogen (secondary N) is 1. The molecule has 0 radical (unpaired) electrons. The highest BCUT2D eigenvalue weighted by molar-refractivity contribution is 5.93. The van der Waals surface area contributed by atoms with E-state index >= 15 is 0 Å². The van der Waals surface area contributed by atoms with Crippen molar-refractivity contribution in [3.8, 4) is 11.5 Å². The van der Waals surface area contributed by atoms with Crippen molar-refractivity contribution >= 4 is 11.8 Å². The molecule has 0 saturated carbocycles. The standard InChI is InChI=1S/C22H27NO5/c1-4-19(24)18(23-14(2)3)11-16-10-17(21(26)20(25)12-16)22(27)28-13-15-8-6-5-7-9-15/h5-10,12,14,18,23,25-26H,4,11,13H2,1-3H3. The molecule has 0 spiro atoms. The van der Waals surface area contributed by atoms with Gasteiger partial charge in [0, 0.05) is 12.5 Å². The summed E-state index contributed by atoms with van der Waals surface area (Å²) in [5.74, 6) is -1.66. The van der Waals surface area contributed by atoms with E-state index in [2.05, 4.69) is 5.32 Å². The monoisotopic (exact) mass is 385 g/mol. The van der Waals surface area contributed by atoms with E-state index in [1.165, 1.54) is 12.1 Å². The van der Waals surface area contributed by atoms with Gasteiger partial charge in [0.05, 0.1) is 6.04 Å². The largest absolute Gasteiger partial charge is 0.504 e. The number of rotatable bonds is 9. The van der Waals surface area contributed by atoms with Crippen LogP contribution in [0.1, 0.15) is 48.7 Å². The minimum Gasteiger partial charge on any atom is -0.504 e. The number of aromatic hydroxyl groups is 2. The quantitative estimate of drug-likeness (QED) is 0.453. The molecule has 1 atom stereocenters. The highest BCUT2D eigenvalue weighted by Crippen LogP contribution is 2.31. The summed E-state index contributed by atoms with van der Waals surface area (Å²) in [7, 11) is 0. The third-order valence-electron chi connectivity index (χ3n) is 4.29. The molecule has 0 aromatic heterocycles. The molecule has 0 aliphatic rings. The first-order valence-corrected chi connectivity index (χ1v) is 9.36. The van der Waals surface area contributed by atoms with Crippen LogP contribution in [-0.4, -0.2) is 34.0 Å². The average molecular weight is 385 g/mol. The molecule has 6 nitrogen and oxygen atoms in total. The molecule has 28 heavy (non-hydrogen) atoms. The van der Waals surface area contributed by atoms with Gasteiger partial charge in [0.2, 0.25) is 0 Å².